The predicted octanol–water partition coefficient (Wildman–Crippen LogP) is 5.07. The molecule has 0 amide bonds. The monoisotopic (exact) mass is 305 g/mol. The maximum atomic E-state index is 13.2. The average Bonchev–Trinajstić information content (AvgIpc) is 2.46. The highest BCUT2D eigenvalue weighted by molar-refractivity contribution is 6.31. The SMILES string of the molecule is CCCNC(Cc1ccc(F)cc1Cl)c1ccc(C)cc1. The molecule has 1 atom stereocenters. The first-order valence-corrected chi connectivity index (χ1v) is 7.72. The zero-order chi connectivity index (χ0) is 15.2. The van der Waals surface area contributed by atoms with Crippen molar-refractivity contribution in [3.05, 3.63) is 70.0 Å². The molecule has 112 valence electrons. The molecule has 1 N–H and O–H groups in total. The van der Waals surface area contributed by atoms with E-state index in [-0.39, 0.29) is 11.9 Å². The molecule has 0 bridgehead atoms. The summed E-state index contributed by atoms with van der Waals surface area (Å²) in [7, 11) is 0. The van der Waals surface area contributed by atoms with Crippen molar-refractivity contribution in [3.63, 3.8) is 0 Å². The Labute approximate surface area is 131 Å². The van der Waals surface area contributed by atoms with Gasteiger partial charge in [0.2, 0.25) is 0 Å². The third-order valence-electron chi connectivity index (χ3n) is 3.56. The zero-order valence-electron chi connectivity index (χ0n) is 12.5. The van der Waals surface area contributed by atoms with Gasteiger partial charge in [0.15, 0.2) is 0 Å². The van der Waals surface area contributed by atoms with Crippen LogP contribution in [-0.4, -0.2) is 6.54 Å². The first kappa shape index (κ1) is 16.0. The molecule has 0 heterocycles. The summed E-state index contributed by atoms with van der Waals surface area (Å²) in [6, 6.07) is 13.3. The van der Waals surface area contributed by atoms with Crippen LogP contribution in [0.25, 0.3) is 0 Å². The molecule has 0 fully saturated rings. The Kier molecular flexibility index (Phi) is 5.77. The van der Waals surface area contributed by atoms with Crippen LogP contribution in [0.1, 0.15) is 36.1 Å². The Hall–Kier alpha value is -1.38. The molecule has 2 rings (SSSR count). The Morgan fingerprint density at radius 1 is 1.14 bits per heavy atom. The standard InChI is InChI=1S/C18H21ClFN/c1-3-10-21-18(14-6-4-13(2)5-7-14)11-15-8-9-16(20)12-17(15)19/h4-9,12,18,21H,3,10-11H2,1-2H3. The van der Waals surface area contributed by atoms with Gasteiger partial charge in [0.25, 0.3) is 0 Å². The van der Waals surface area contributed by atoms with Gasteiger partial charge < -0.3 is 5.32 Å². The molecule has 0 aliphatic heterocycles. The molecule has 1 unspecified atom stereocenters. The van der Waals surface area contributed by atoms with Crippen LogP contribution in [0.2, 0.25) is 5.02 Å². The predicted molar refractivity (Wildman–Crippen MR) is 87.3 cm³/mol. The molecule has 0 aliphatic rings. The van der Waals surface area contributed by atoms with Crippen LogP contribution >= 0.6 is 11.6 Å². The molecule has 0 saturated carbocycles. The van der Waals surface area contributed by atoms with E-state index in [9.17, 15) is 4.39 Å². The molecule has 0 radical (unpaired) electrons. The number of benzene rings is 2. The topological polar surface area (TPSA) is 12.0 Å². The quantitative estimate of drug-likeness (QED) is 0.785. The summed E-state index contributed by atoms with van der Waals surface area (Å²) in [5, 5.41) is 4.03. The lowest BCUT2D eigenvalue weighted by molar-refractivity contribution is 0.528. The molecule has 0 saturated heterocycles. The number of rotatable bonds is 6. The molecule has 3 heteroatoms. The average molecular weight is 306 g/mol. The van der Waals surface area contributed by atoms with Gasteiger partial charge in [0.1, 0.15) is 5.82 Å². The largest absolute Gasteiger partial charge is 0.310 e. The maximum Gasteiger partial charge on any atom is 0.124 e. The van der Waals surface area contributed by atoms with Gasteiger partial charge in [-0.2, -0.15) is 0 Å². The van der Waals surface area contributed by atoms with E-state index < -0.39 is 0 Å². The molecule has 2 aromatic carbocycles. The fourth-order valence-electron chi connectivity index (χ4n) is 2.33. The van der Waals surface area contributed by atoms with Gasteiger partial charge in [0.05, 0.1) is 0 Å². The van der Waals surface area contributed by atoms with Crippen molar-refractivity contribution in [2.24, 2.45) is 0 Å². The van der Waals surface area contributed by atoms with E-state index in [4.69, 9.17) is 11.6 Å². The summed E-state index contributed by atoms with van der Waals surface area (Å²) in [5.41, 5.74) is 3.44. The Morgan fingerprint density at radius 2 is 1.86 bits per heavy atom. The van der Waals surface area contributed by atoms with Gasteiger partial charge in [0, 0.05) is 11.1 Å². The summed E-state index contributed by atoms with van der Waals surface area (Å²) in [6.45, 7) is 5.16. The van der Waals surface area contributed by atoms with Crippen molar-refractivity contribution >= 4 is 11.6 Å². The lowest BCUT2D eigenvalue weighted by atomic mass is 9.98. The molecule has 2 aromatic rings. The van der Waals surface area contributed by atoms with Crippen molar-refractivity contribution in [2.75, 3.05) is 6.54 Å². The van der Waals surface area contributed by atoms with E-state index in [0.29, 0.717) is 5.02 Å². The smallest absolute Gasteiger partial charge is 0.124 e. The van der Waals surface area contributed by atoms with Gasteiger partial charge in [-0.1, -0.05) is 54.4 Å². The van der Waals surface area contributed by atoms with E-state index in [2.05, 4.69) is 43.4 Å². The van der Waals surface area contributed by atoms with E-state index in [1.807, 2.05) is 0 Å². The van der Waals surface area contributed by atoms with Gasteiger partial charge in [-0.3, -0.25) is 0 Å². The minimum Gasteiger partial charge on any atom is -0.310 e. The molecule has 1 nitrogen and oxygen atoms in total. The second kappa shape index (κ2) is 7.58. The lowest BCUT2D eigenvalue weighted by Gasteiger charge is -2.20. The summed E-state index contributed by atoms with van der Waals surface area (Å²) in [5.74, 6) is -0.294. The lowest BCUT2D eigenvalue weighted by Crippen LogP contribution is -2.24. The van der Waals surface area contributed by atoms with Gasteiger partial charge in [-0.25, -0.2) is 4.39 Å². The first-order chi connectivity index (χ1) is 10.1. The summed E-state index contributed by atoms with van der Waals surface area (Å²) in [6.07, 6.45) is 1.82. The Bertz CT molecular complexity index is 580. The minimum atomic E-state index is -0.294. The van der Waals surface area contributed by atoms with Crippen molar-refractivity contribution < 1.29 is 4.39 Å². The number of halogens is 2. The van der Waals surface area contributed by atoms with Crippen LogP contribution in [0.15, 0.2) is 42.5 Å². The Balaban J connectivity index is 2.21. The second-order valence-corrected chi connectivity index (χ2v) is 5.76. The number of nitrogens with one attached hydrogen (secondary N) is 1. The number of hydrogen-bond acceptors (Lipinski definition) is 1. The second-order valence-electron chi connectivity index (χ2n) is 5.36. The molecule has 21 heavy (non-hydrogen) atoms. The van der Waals surface area contributed by atoms with Crippen molar-refractivity contribution in [3.8, 4) is 0 Å². The molecule has 0 aliphatic carbocycles. The zero-order valence-corrected chi connectivity index (χ0v) is 13.3. The van der Waals surface area contributed by atoms with E-state index in [1.54, 1.807) is 6.07 Å². The molecule has 0 spiro atoms. The van der Waals surface area contributed by atoms with Crippen molar-refractivity contribution in [1.29, 1.82) is 0 Å². The highest BCUT2D eigenvalue weighted by atomic mass is 35.5. The van der Waals surface area contributed by atoms with Gasteiger partial charge in [-0.15, -0.1) is 0 Å². The van der Waals surface area contributed by atoms with Gasteiger partial charge >= 0.3 is 0 Å². The van der Waals surface area contributed by atoms with E-state index in [0.717, 1.165) is 24.9 Å². The van der Waals surface area contributed by atoms with Crippen LogP contribution in [0.3, 0.4) is 0 Å². The highest BCUT2D eigenvalue weighted by Gasteiger charge is 2.13. The van der Waals surface area contributed by atoms with Crippen LogP contribution in [0.5, 0.6) is 0 Å². The molecular formula is C18H21ClFN. The fraction of sp³-hybridized carbons (Fsp3) is 0.333. The molecular weight excluding hydrogens is 285 g/mol. The first-order valence-electron chi connectivity index (χ1n) is 7.34. The van der Waals surface area contributed by atoms with Crippen LogP contribution < -0.4 is 5.32 Å². The third-order valence-corrected chi connectivity index (χ3v) is 3.91. The Morgan fingerprint density at radius 3 is 2.48 bits per heavy atom. The van der Waals surface area contributed by atoms with Gasteiger partial charge in [-0.05, 0) is 49.6 Å². The fourth-order valence-corrected chi connectivity index (χ4v) is 2.58. The van der Waals surface area contributed by atoms with Crippen molar-refractivity contribution in [2.45, 2.75) is 32.7 Å². The van der Waals surface area contributed by atoms with Crippen LogP contribution in [0.4, 0.5) is 4.39 Å². The van der Waals surface area contributed by atoms with Crippen LogP contribution in [-0.2, 0) is 6.42 Å². The van der Waals surface area contributed by atoms with Crippen molar-refractivity contribution in [1.82, 2.24) is 5.32 Å². The van der Waals surface area contributed by atoms with E-state index in [1.165, 1.54) is 23.3 Å². The molecule has 0 aromatic heterocycles. The number of aryl methyl sites for hydroxylation is 1. The summed E-state index contributed by atoms with van der Waals surface area (Å²) in [4.78, 5) is 0. The summed E-state index contributed by atoms with van der Waals surface area (Å²) >= 11 is 6.15. The highest BCUT2D eigenvalue weighted by Crippen LogP contribution is 2.24. The van der Waals surface area contributed by atoms with E-state index >= 15 is 0 Å². The maximum absolute atomic E-state index is 13.2. The number of hydrogen-bond donors (Lipinski definition) is 1. The third kappa shape index (κ3) is 4.55. The summed E-state index contributed by atoms with van der Waals surface area (Å²) < 4.78 is 13.2. The normalized spacial score (nSPS) is 12.4. The minimum absolute atomic E-state index is 0.188. The van der Waals surface area contributed by atoms with Crippen LogP contribution in [0, 0.1) is 12.7 Å².